The van der Waals surface area contributed by atoms with Crippen LogP contribution in [0.2, 0.25) is 0 Å². The molecule has 2 aromatic carbocycles. The topological polar surface area (TPSA) is 28.2 Å². The molecule has 1 fully saturated rings. The van der Waals surface area contributed by atoms with Gasteiger partial charge in [-0.15, -0.1) is 0 Å². The van der Waals surface area contributed by atoms with Crippen LogP contribution in [0.4, 0.5) is 0 Å². The summed E-state index contributed by atoms with van der Waals surface area (Å²) in [4.78, 5) is 6.86. The van der Waals surface area contributed by atoms with Crippen molar-refractivity contribution < 1.29 is 0 Å². The maximum atomic E-state index is 4.24. The summed E-state index contributed by atoms with van der Waals surface area (Å²) in [6, 6.07) is 18.2. The zero-order valence-electron chi connectivity index (χ0n) is 14.8. The van der Waals surface area contributed by atoms with Gasteiger partial charge in [0.15, 0.2) is 0 Å². The Balaban J connectivity index is 1.80. The van der Waals surface area contributed by atoms with Crippen molar-refractivity contribution in [3.05, 3.63) is 77.6 Å². The molecule has 3 nitrogen and oxygen atoms in total. The lowest BCUT2D eigenvalue weighted by Crippen LogP contribution is -2.33. The fraction of sp³-hybridized carbons (Fsp3) is 0.318. The van der Waals surface area contributed by atoms with Crippen molar-refractivity contribution in [1.29, 1.82) is 0 Å². The van der Waals surface area contributed by atoms with Gasteiger partial charge in [-0.3, -0.25) is 9.88 Å². The second kappa shape index (κ2) is 7.34. The molecule has 4 rings (SSSR count). The van der Waals surface area contributed by atoms with E-state index in [0.717, 1.165) is 26.2 Å². The van der Waals surface area contributed by atoms with Gasteiger partial charge in [-0.05, 0) is 48.5 Å². The number of fused-ring (bicyclic) bond motifs is 1. The summed E-state index contributed by atoms with van der Waals surface area (Å²) >= 11 is 0. The molecule has 2 heterocycles. The molecule has 1 aliphatic rings. The van der Waals surface area contributed by atoms with Crippen LogP contribution in [0, 0.1) is 6.92 Å². The highest BCUT2D eigenvalue weighted by Crippen LogP contribution is 2.31. The van der Waals surface area contributed by atoms with E-state index in [1.165, 1.54) is 33.9 Å². The first kappa shape index (κ1) is 16.2. The zero-order chi connectivity index (χ0) is 17.1. The van der Waals surface area contributed by atoms with Crippen LogP contribution in [0.15, 0.2) is 60.9 Å². The van der Waals surface area contributed by atoms with E-state index in [0.29, 0.717) is 6.04 Å². The molecule has 0 spiro atoms. The molecule has 0 radical (unpaired) electrons. The summed E-state index contributed by atoms with van der Waals surface area (Å²) in [6.45, 7) is 6.55. The number of aryl methyl sites for hydroxylation is 1. The molecule has 1 aromatic heterocycles. The third kappa shape index (κ3) is 3.58. The van der Waals surface area contributed by atoms with Gasteiger partial charge in [0, 0.05) is 37.4 Å². The summed E-state index contributed by atoms with van der Waals surface area (Å²) in [5, 5.41) is 5.99. The van der Waals surface area contributed by atoms with E-state index in [2.05, 4.69) is 70.7 Å². The van der Waals surface area contributed by atoms with Gasteiger partial charge in [-0.1, -0.05) is 42.0 Å². The van der Waals surface area contributed by atoms with Gasteiger partial charge in [-0.25, -0.2) is 0 Å². The fourth-order valence-corrected chi connectivity index (χ4v) is 3.85. The van der Waals surface area contributed by atoms with Gasteiger partial charge in [0.2, 0.25) is 0 Å². The van der Waals surface area contributed by atoms with Crippen LogP contribution in [-0.2, 0) is 0 Å². The predicted molar refractivity (Wildman–Crippen MR) is 104 cm³/mol. The lowest BCUT2D eigenvalue weighted by Gasteiger charge is -2.31. The Labute approximate surface area is 149 Å². The van der Waals surface area contributed by atoms with Gasteiger partial charge < -0.3 is 5.32 Å². The number of aromatic nitrogens is 1. The van der Waals surface area contributed by atoms with Crippen LogP contribution >= 0.6 is 0 Å². The van der Waals surface area contributed by atoms with Crippen molar-refractivity contribution in [3.63, 3.8) is 0 Å². The maximum absolute atomic E-state index is 4.24. The maximum Gasteiger partial charge on any atom is 0.0602 e. The van der Waals surface area contributed by atoms with Crippen molar-refractivity contribution in [3.8, 4) is 0 Å². The zero-order valence-corrected chi connectivity index (χ0v) is 14.8. The first-order valence-corrected chi connectivity index (χ1v) is 9.16. The lowest BCUT2D eigenvalue weighted by molar-refractivity contribution is 0.241. The van der Waals surface area contributed by atoms with Crippen molar-refractivity contribution in [2.75, 3.05) is 26.2 Å². The minimum atomic E-state index is 0.303. The third-order valence-corrected chi connectivity index (χ3v) is 5.08. The standard InChI is InChI=1S/C22H25N3/c1-17-4-2-5-19(14-17)22(25-12-3-9-23-11-13-25)20-6-7-21-16-24-10-8-18(21)15-20/h2,4-8,10,14-16,22-23H,3,9,11-13H2,1H3. The van der Waals surface area contributed by atoms with Crippen molar-refractivity contribution in [2.24, 2.45) is 0 Å². The minimum Gasteiger partial charge on any atom is -0.315 e. The summed E-state index contributed by atoms with van der Waals surface area (Å²) in [5.41, 5.74) is 4.07. The van der Waals surface area contributed by atoms with Crippen LogP contribution in [0.25, 0.3) is 10.8 Å². The Morgan fingerprint density at radius 3 is 2.80 bits per heavy atom. The van der Waals surface area contributed by atoms with E-state index < -0.39 is 0 Å². The predicted octanol–water partition coefficient (Wildman–Crippen LogP) is 3.93. The summed E-state index contributed by atoms with van der Waals surface area (Å²) in [6.07, 6.45) is 5.01. The van der Waals surface area contributed by atoms with Crippen molar-refractivity contribution in [1.82, 2.24) is 15.2 Å². The smallest absolute Gasteiger partial charge is 0.0602 e. The van der Waals surface area contributed by atoms with E-state index >= 15 is 0 Å². The van der Waals surface area contributed by atoms with E-state index in [4.69, 9.17) is 0 Å². The Morgan fingerprint density at radius 1 is 0.960 bits per heavy atom. The molecule has 0 amide bonds. The summed E-state index contributed by atoms with van der Waals surface area (Å²) in [5.74, 6) is 0. The van der Waals surface area contributed by atoms with Gasteiger partial charge in [-0.2, -0.15) is 0 Å². The molecule has 25 heavy (non-hydrogen) atoms. The number of benzene rings is 2. The Kier molecular flexibility index (Phi) is 4.77. The molecule has 1 atom stereocenters. The highest BCUT2D eigenvalue weighted by Gasteiger charge is 2.23. The lowest BCUT2D eigenvalue weighted by atomic mass is 9.94. The van der Waals surface area contributed by atoms with Crippen LogP contribution in [-0.4, -0.2) is 36.1 Å². The van der Waals surface area contributed by atoms with Gasteiger partial charge in [0.1, 0.15) is 0 Å². The number of hydrogen-bond acceptors (Lipinski definition) is 3. The van der Waals surface area contributed by atoms with Crippen molar-refractivity contribution >= 4 is 10.8 Å². The van der Waals surface area contributed by atoms with Crippen LogP contribution in [0.3, 0.4) is 0 Å². The number of hydrogen-bond donors (Lipinski definition) is 1. The molecular weight excluding hydrogens is 306 g/mol. The number of rotatable bonds is 3. The Hall–Kier alpha value is -2.23. The van der Waals surface area contributed by atoms with E-state index in [9.17, 15) is 0 Å². The summed E-state index contributed by atoms with van der Waals surface area (Å²) in [7, 11) is 0. The largest absolute Gasteiger partial charge is 0.315 e. The number of nitrogens with one attached hydrogen (secondary N) is 1. The van der Waals surface area contributed by atoms with Crippen LogP contribution in [0.1, 0.15) is 29.2 Å². The first-order chi connectivity index (χ1) is 12.3. The van der Waals surface area contributed by atoms with Gasteiger partial charge in [0.05, 0.1) is 6.04 Å². The molecule has 3 aromatic rings. The van der Waals surface area contributed by atoms with Crippen LogP contribution in [0.5, 0.6) is 0 Å². The molecule has 0 saturated carbocycles. The molecule has 0 bridgehead atoms. The summed E-state index contributed by atoms with van der Waals surface area (Å²) < 4.78 is 0. The molecule has 1 saturated heterocycles. The van der Waals surface area contributed by atoms with Crippen LogP contribution < -0.4 is 5.32 Å². The molecule has 1 N–H and O–H groups in total. The van der Waals surface area contributed by atoms with E-state index in [1.807, 2.05) is 12.4 Å². The second-order valence-corrected chi connectivity index (χ2v) is 6.94. The molecule has 1 unspecified atom stereocenters. The average molecular weight is 331 g/mol. The molecule has 3 heteroatoms. The monoisotopic (exact) mass is 331 g/mol. The highest BCUT2D eigenvalue weighted by atomic mass is 15.2. The molecule has 0 aliphatic carbocycles. The van der Waals surface area contributed by atoms with Gasteiger partial charge >= 0.3 is 0 Å². The number of pyridine rings is 1. The molecule has 1 aliphatic heterocycles. The second-order valence-electron chi connectivity index (χ2n) is 6.94. The SMILES string of the molecule is Cc1cccc(C(c2ccc3cnccc3c2)N2CCCNCC2)c1. The van der Waals surface area contributed by atoms with E-state index in [1.54, 1.807) is 0 Å². The quantitative estimate of drug-likeness (QED) is 0.788. The van der Waals surface area contributed by atoms with Gasteiger partial charge in [0.25, 0.3) is 0 Å². The number of nitrogens with zero attached hydrogens (tertiary/aromatic N) is 2. The van der Waals surface area contributed by atoms with E-state index in [-0.39, 0.29) is 0 Å². The highest BCUT2D eigenvalue weighted by molar-refractivity contribution is 5.82. The molecular formula is C22H25N3. The molecule has 128 valence electrons. The third-order valence-electron chi connectivity index (χ3n) is 5.08. The Morgan fingerprint density at radius 2 is 1.88 bits per heavy atom. The normalized spacial score (nSPS) is 17.3. The fourth-order valence-electron chi connectivity index (χ4n) is 3.85. The first-order valence-electron chi connectivity index (χ1n) is 9.16. The minimum absolute atomic E-state index is 0.303. The Bertz CT molecular complexity index is 851. The average Bonchev–Trinajstić information content (AvgIpc) is 2.91. The van der Waals surface area contributed by atoms with Crippen molar-refractivity contribution in [2.45, 2.75) is 19.4 Å².